The third-order valence-corrected chi connectivity index (χ3v) is 5.61. The molecule has 0 aliphatic carbocycles. The van der Waals surface area contributed by atoms with Crippen LogP contribution in [-0.4, -0.2) is 14.2 Å². The molecule has 0 aliphatic heterocycles. The van der Waals surface area contributed by atoms with E-state index in [0.29, 0.717) is 0 Å². The van der Waals surface area contributed by atoms with Crippen LogP contribution in [0.5, 0.6) is 11.5 Å². The second kappa shape index (κ2) is 6.16. The fraction of sp³-hybridized carbons (Fsp3) is 0.286. The first-order chi connectivity index (χ1) is 9.05. The lowest BCUT2D eigenvalue weighted by molar-refractivity contribution is 0.393. The SMILES string of the molecule is COc1cc(OC)cc(C(Cl)c2cc(C)c(Br)s2)c1. The molecule has 0 saturated carbocycles. The van der Waals surface area contributed by atoms with Gasteiger partial charge in [-0.05, 0) is 52.2 Å². The van der Waals surface area contributed by atoms with E-state index in [4.69, 9.17) is 21.1 Å². The van der Waals surface area contributed by atoms with Gasteiger partial charge >= 0.3 is 0 Å². The van der Waals surface area contributed by atoms with Crippen LogP contribution in [0.15, 0.2) is 28.1 Å². The summed E-state index contributed by atoms with van der Waals surface area (Å²) in [5, 5.41) is -0.209. The maximum absolute atomic E-state index is 6.55. The van der Waals surface area contributed by atoms with Crippen molar-refractivity contribution in [3.05, 3.63) is 44.1 Å². The summed E-state index contributed by atoms with van der Waals surface area (Å²) in [5.74, 6) is 1.49. The van der Waals surface area contributed by atoms with E-state index in [2.05, 4.69) is 28.9 Å². The van der Waals surface area contributed by atoms with Crippen molar-refractivity contribution in [2.75, 3.05) is 14.2 Å². The third kappa shape index (κ3) is 3.25. The molecule has 0 bridgehead atoms. The molecule has 0 radical (unpaired) electrons. The van der Waals surface area contributed by atoms with E-state index in [1.54, 1.807) is 25.6 Å². The molecule has 1 heterocycles. The minimum Gasteiger partial charge on any atom is -0.497 e. The molecule has 19 heavy (non-hydrogen) atoms. The van der Waals surface area contributed by atoms with Crippen molar-refractivity contribution in [3.63, 3.8) is 0 Å². The molecule has 0 fully saturated rings. The van der Waals surface area contributed by atoms with E-state index in [0.717, 1.165) is 25.7 Å². The Morgan fingerprint density at radius 1 is 1.11 bits per heavy atom. The number of benzene rings is 1. The highest BCUT2D eigenvalue weighted by molar-refractivity contribution is 9.11. The van der Waals surface area contributed by atoms with Gasteiger partial charge in [-0.2, -0.15) is 0 Å². The summed E-state index contributed by atoms with van der Waals surface area (Å²) in [6.45, 7) is 2.06. The lowest BCUT2D eigenvalue weighted by atomic mass is 10.1. The number of aryl methyl sites for hydroxylation is 1. The molecule has 102 valence electrons. The second-order valence-corrected chi connectivity index (χ2v) is 6.95. The number of rotatable bonds is 4. The second-order valence-electron chi connectivity index (χ2n) is 4.11. The maximum Gasteiger partial charge on any atom is 0.122 e. The van der Waals surface area contributed by atoms with Crippen LogP contribution >= 0.6 is 38.9 Å². The Kier molecular flexibility index (Phi) is 4.76. The molecule has 2 nitrogen and oxygen atoms in total. The van der Waals surface area contributed by atoms with E-state index < -0.39 is 0 Å². The smallest absolute Gasteiger partial charge is 0.122 e. The van der Waals surface area contributed by atoms with Crippen molar-refractivity contribution in [3.8, 4) is 11.5 Å². The molecular weight excluding hydrogens is 348 g/mol. The molecule has 1 atom stereocenters. The van der Waals surface area contributed by atoms with Crippen LogP contribution in [0.2, 0.25) is 0 Å². The van der Waals surface area contributed by atoms with Crippen molar-refractivity contribution in [2.24, 2.45) is 0 Å². The highest BCUT2D eigenvalue weighted by Gasteiger charge is 2.16. The van der Waals surface area contributed by atoms with Gasteiger partial charge in [-0.15, -0.1) is 22.9 Å². The van der Waals surface area contributed by atoms with Crippen LogP contribution in [-0.2, 0) is 0 Å². The predicted octanol–water partition coefficient (Wildman–Crippen LogP) is 5.16. The normalized spacial score (nSPS) is 12.3. The van der Waals surface area contributed by atoms with E-state index >= 15 is 0 Å². The maximum atomic E-state index is 6.55. The Bertz CT molecular complexity index is 541. The molecule has 1 aromatic carbocycles. The van der Waals surface area contributed by atoms with Crippen LogP contribution in [0.4, 0.5) is 0 Å². The van der Waals surface area contributed by atoms with Crippen LogP contribution in [0, 0.1) is 6.92 Å². The van der Waals surface area contributed by atoms with Crippen LogP contribution in [0.25, 0.3) is 0 Å². The fourth-order valence-corrected chi connectivity index (χ4v) is 3.65. The van der Waals surface area contributed by atoms with Gasteiger partial charge in [0.25, 0.3) is 0 Å². The van der Waals surface area contributed by atoms with Gasteiger partial charge in [0, 0.05) is 10.9 Å². The lowest BCUT2D eigenvalue weighted by Crippen LogP contribution is -1.94. The molecule has 0 N–H and O–H groups in total. The molecule has 0 amide bonds. The fourth-order valence-electron chi connectivity index (χ4n) is 1.75. The van der Waals surface area contributed by atoms with Crippen molar-refractivity contribution < 1.29 is 9.47 Å². The predicted molar refractivity (Wildman–Crippen MR) is 84.0 cm³/mol. The summed E-state index contributed by atoms with van der Waals surface area (Å²) in [7, 11) is 3.27. The van der Waals surface area contributed by atoms with E-state index in [9.17, 15) is 0 Å². The van der Waals surface area contributed by atoms with Gasteiger partial charge in [0.05, 0.1) is 23.4 Å². The zero-order valence-electron chi connectivity index (χ0n) is 10.9. The Labute approximate surface area is 130 Å². The lowest BCUT2D eigenvalue weighted by Gasteiger charge is -2.12. The number of methoxy groups -OCH3 is 2. The van der Waals surface area contributed by atoms with Gasteiger partial charge in [-0.3, -0.25) is 0 Å². The van der Waals surface area contributed by atoms with E-state index in [1.165, 1.54) is 5.56 Å². The van der Waals surface area contributed by atoms with Gasteiger partial charge in [0.2, 0.25) is 0 Å². The first-order valence-corrected chi connectivity index (χ1v) is 7.72. The van der Waals surface area contributed by atoms with Gasteiger partial charge in [-0.25, -0.2) is 0 Å². The van der Waals surface area contributed by atoms with Crippen molar-refractivity contribution in [1.29, 1.82) is 0 Å². The zero-order valence-corrected chi connectivity index (χ0v) is 14.0. The van der Waals surface area contributed by atoms with E-state index in [1.807, 2.05) is 18.2 Å². The minimum atomic E-state index is -0.209. The molecule has 2 aromatic rings. The van der Waals surface area contributed by atoms with Crippen LogP contribution in [0.1, 0.15) is 21.4 Å². The van der Waals surface area contributed by atoms with Gasteiger partial charge in [-0.1, -0.05) is 0 Å². The summed E-state index contributed by atoms with van der Waals surface area (Å²) in [6, 6.07) is 7.80. The topological polar surface area (TPSA) is 18.5 Å². The zero-order chi connectivity index (χ0) is 14.0. The van der Waals surface area contributed by atoms with E-state index in [-0.39, 0.29) is 5.38 Å². The quantitative estimate of drug-likeness (QED) is 0.700. The molecule has 2 rings (SSSR count). The Hall–Kier alpha value is -0.710. The molecule has 5 heteroatoms. The number of hydrogen-bond donors (Lipinski definition) is 0. The Balaban J connectivity index is 2.39. The number of halogens is 2. The molecule has 0 saturated heterocycles. The van der Waals surface area contributed by atoms with Crippen LogP contribution in [0.3, 0.4) is 0 Å². The van der Waals surface area contributed by atoms with Gasteiger partial charge in [0.1, 0.15) is 11.5 Å². The average Bonchev–Trinajstić information content (AvgIpc) is 2.77. The van der Waals surface area contributed by atoms with Crippen molar-refractivity contribution in [2.45, 2.75) is 12.3 Å². The number of thiophene rings is 1. The molecule has 0 spiro atoms. The number of alkyl halides is 1. The highest BCUT2D eigenvalue weighted by Crippen LogP contribution is 2.39. The summed E-state index contributed by atoms with van der Waals surface area (Å²) in [6.07, 6.45) is 0. The largest absolute Gasteiger partial charge is 0.497 e. The Morgan fingerprint density at radius 3 is 2.11 bits per heavy atom. The summed E-state index contributed by atoms with van der Waals surface area (Å²) < 4.78 is 11.6. The highest BCUT2D eigenvalue weighted by atomic mass is 79.9. The first-order valence-electron chi connectivity index (χ1n) is 5.68. The monoisotopic (exact) mass is 360 g/mol. The van der Waals surface area contributed by atoms with Crippen molar-refractivity contribution >= 4 is 38.9 Å². The summed E-state index contributed by atoms with van der Waals surface area (Å²) >= 11 is 11.7. The third-order valence-electron chi connectivity index (χ3n) is 2.79. The molecular formula is C14H14BrClO2S. The standard InChI is InChI=1S/C14H14BrClO2S/c1-8-4-12(19-14(8)15)13(16)9-5-10(17-2)7-11(6-9)18-3/h4-7,13H,1-3H3. The number of hydrogen-bond acceptors (Lipinski definition) is 3. The van der Waals surface area contributed by atoms with Crippen LogP contribution < -0.4 is 9.47 Å². The molecule has 1 aromatic heterocycles. The van der Waals surface area contributed by atoms with Crippen molar-refractivity contribution in [1.82, 2.24) is 0 Å². The molecule has 0 aliphatic rings. The minimum absolute atomic E-state index is 0.209. The first kappa shape index (κ1) is 14.7. The summed E-state index contributed by atoms with van der Waals surface area (Å²) in [5.41, 5.74) is 2.16. The Morgan fingerprint density at radius 2 is 1.68 bits per heavy atom. The number of ether oxygens (including phenoxy) is 2. The molecule has 1 unspecified atom stereocenters. The van der Waals surface area contributed by atoms with Gasteiger partial charge in [0.15, 0.2) is 0 Å². The van der Waals surface area contributed by atoms with Gasteiger partial charge < -0.3 is 9.47 Å². The average molecular weight is 362 g/mol. The summed E-state index contributed by atoms with van der Waals surface area (Å²) in [4.78, 5) is 1.10.